The largest absolute Gasteiger partial charge is 0.378 e. The van der Waals surface area contributed by atoms with Gasteiger partial charge >= 0.3 is 0 Å². The predicted octanol–water partition coefficient (Wildman–Crippen LogP) is 1.32. The zero-order valence-corrected chi connectivity index (χ0v) is 16.4. The molecule has 2 heterocycles. The summed E-state index contributed by atoms with van der Waals surface area (Å²) in [4.78, 5) is 29.4. The lowest BCUT2D eigenvalue weighted by atomic mass is 10.2. The molecule has 1 aromatic heterocycles. The number of anilines is 2. The Kier molecular flexibility index (Phi) is 6.24. The summed E-state index contributed by atoms with van der Waals surface area (Å²) < 4.78 is 0. The molecule has 2 aromatic rings. The first-order valence-electron chi connectivity index (χ1n) is 9.27. The molecule has 0 saturated carbocycles. The van der Waals surface area contributed by atoms with E-state index in [1.807, 2.05) is 27.2 Å². The van der Waals surface area contributed by atoms with Crippen molar-refractivity contribution in [3.05, 3.63) is 48.3 Å². The number of hydrogen-bond donors (Lipinski definition) is 0. The molecule has 1 saturated heterocycles. The third-order valence-electron chi connectivity index (χ3n) is 4.86. The first-order valence-corrected chi connectivity index (χ1v) is 9.27. The molecular formula is C20H28N6O. The topological polar surface area (TPSA) is 55.8 Å². The highest BCUT2D eigenvalue weighted by Gasteiger charge is 2.21. The second kappa shape index (κ2) is 8.81. The Morgan fingerprint density at radius 2 is 1.63 bits per heavy atom. The van der Waals surface area contributed by atoms with Gasteiger partial charge in [0.15, 0.2) is 0 Å². The molecule has 1 amide bonds. The highest BCUT2D eigenvalue weighted by Crippen LogP contribution is 2.14. The van der Waals surface area contributed by atoms with E-state index in [2.05, 4.69) is 48.9 Å². The van der Waals surface area contributed by atoms with Crippen molar-refractivity contribution in [3.8, 4) is 0 Å². The zero-order valence-electron chi connectivity index (χ0n) is 16.4. The van der Waals surface area contributed by atoms with E-state index < -0.39 is 0 Å². The minimum absolute atomic E-state index is 0.149. The summed E-state index contributed by atoms with van der Waals surface area (Å²) in [6, 6.07) is 10.1. The Morgan fingerprint density at radius 3 is 2.22 bits per heavy atom. The van der Waals surface area contributed by atoms with Crippen LogP contribution >= 0.6 is 0 Å². The standard InChI is InChI=1S/C20H28N6O/c1-23(2)18-7-5-17(6-8-18)15-24(3)19(27)16-25-11-13-26(14-12-25)20-21-9-4-10-22-20/h4-10H,11-16H2,1-3H3. The maximum absolute atomic E-state index is 12.6. The van der Waals surface area contributed by atoms with Crippen LogP contribution in [-0.4, -0.2) is 79.5 Å². The van der Waals surface area contributed by atoms with Crippen molar-refractivity contribution in [2.24, 2.45) is 0 Å². The normalized spacial score (nSPS) is 14.9. The van der Waals surface area contributed by atoms with Gasteiger partial charge in [-0.1, -0.05) is 12.1 Å². The van der Waals surface area contributed by atoms with Crippen LogP contribution in [0.1, 0.15) is 5.56 Å². The number of nitrogens with zero attached hydrogens (tertiary/aromatic N) is 6. The molecular weight excluding hydrogens is 340 g/mol. The second-order valence-electron chi connectivity index (χ2n) is 7.12. The van der Waals surface area contributed by atoms with Gasteiger partial charge in [-0.15, -0.1) is 0 Å². The molecule has 0 aliphatic carbocycles. The molecule has 7 nitrogen and oxygen atoms in total. The lowest BCUT2D eigenvalue weighted by Gasteiger charge is -2.34. The Labute approximate surface area is 161 Å². The summed E-state index contributed by atoms with van der Waals surface area (Å²) in [5, 5.41) is 0. The first kappa shape index (κ1) is 19.1. The van der Waals surface area contributed by atoms with Crippen molar-refractivity contribution < 1.29 is 4.79 Å². The molecule has 1 aliphatic heterocycles. The van der Waals surface area contributed by atoms with Crippen LogP contribution in [0.2, 0.25) is 0 Å². The third kappa shape index (κ3) is 5.17. The molecule has 0 unspecified atom stereocenters. The smallest absolute Gasteiger partial charge is 0.236 e. The van der Waals surface area contributed by atoms with Crippen LogP contribution in [-0.2, 0) is 11.3 Å². The van der Waals surface area contributed by atoms with E-state index in [-0.39, 0.29) is 5.91 Å². The fraction of sp³-hybridized carbons (Fsp3) is 0.450. The highest BCUT2D eigenvalue weighted by molar-refractivity contribution is 5.78. The van der Waals surface area contributed by atoms with Gasteiger partial charge < -0.3 is 14.7 Å². The number of carbonyl (C=O) groups is 1. The van der Waals surface area contributed by atoms with Crippen LogP contribution in [0, 0.1) is 0 Å². The highest BCUT2D eigenvalue weighted by atomic mass is 16.2. The average Bonchev–Trinajstić information content (AvgIpc) is 2.69. The molecule has 0 N–H and O–H groups in total. The summed E-state index contributed by atoms with van der Waals surface area (Å²) in [5.74, 6) is 0.915. The van der Waals surface area contributed by atoms with Gasteiger partial charge in [0.25, 0.3) is 0 Å². The zero-order chi connectivity index (χ0) is 19.2. The number of piperazine rings is 1. The second-order valence-corrected chi connectivity index (χ2v) is 7.12. The average molecular weight is 368 g/mol. The number of hydrogen-bond acceptors (Lipinski definition) is 6. The van der Waals surface area contributed by atoms with Crippen molar-refractivity contribution in [1.29, 1.82) is 0 Å². The Morgan fingerprint density at radius 1 is 1.00 bits per heavy atom. The minimum Gasteiger partial charge on any atom is -0.378 e. The molecule has 0 spiro atoms. The summed E-state index contributed by atoms with van der Waals surface area (Å²) in [6.45, 7) is 4.45. The molecule has 0 radical (unpaired) electrons. The van der Waals surface area contributed by atoms with Crippen LogP contribution in [0.15, 0.2) is 42.7 Å². The maximum atomic E-state index is 12.6. The Hall–Kier alpha value is -2.67. The van der Waals surface area contributed by atoms with Crippen molar-refractivity contribution in [1.82, 2.24) is 19.8 Å². The summed E-state index contributed by atoms with van der Waals surface area (Å²) in [5.41, 5.74) is 2.30. The number of likely N-dealkylation sites (N-methyl/N-ethyl adjacent to an activating group) is 1. The molecule has 27 heavy (non-hydrogen) atoms. The summed E-state index contributed by atoms with van der Waals surface area (Å²) >= 11 is 0. The third-order valence-corrected chi connectivity index (χ3v) is 4.86. The minimum atomic E-state index is 0.149. The van der Waals surface area contributed by atoms with Gasteiger partial charge in [-0.3, -0.25) is 9.69 Å². The molecule has 1 aliphatic rings. The lowest BCUT2D eigenvalue weighted by molar-refractivity contribution is -0.131. The van der Waals surface area contributed by atoms with Gasteiger partial charge in [0.2, 0.25) is 11.9 Å². The van der Waals surface area contributed by atoms with Crippen LogP contribution in [0.5, 0.6) is 0 Å². The van der Waals surface area contributed by atoms with Gasteiger partial charge in [-0.2, -0.15) is 0 Å². The van der Waals surface area contributed by atoms with Crippen LogP contribution < -0.4 is 9.80 Å². The maximum Gasteiger partial charge on any atom is 0.236 e. The van der Waals surface area contributed by atoms with E-state index in [9.17, 15) is 4.79 Å². The first-order chi connectivity index (χ1) is 13.0. The number of benzene rings is 1. The Bertz CT molecular complexity index is 726. The summed E-state index contributed by atoms with van der Waals surface area (Å²) in [6.07, 6.45) is 3.52. The van der Waals surface area contributed by atoms with E-state index in [0.29, 0.717) is 13.1 Å². The molecule has 7 heteroatoms. The van der Waals surface area contributed by atoms with E-state index in [1.165, 1.54) is 0 Å². The predicted molar refractivity (Wildman–Crippen MR) is 108 cm³/mol. The van der Waals surface area contributed by atoms with Gasteiger partial charge in [0, 0.05) is 71.9 Å². The number of rotatable bonds is 6. The van der Waals surface area contributed by atoms with E-state index >= 15 is 0 Å². The number of carbonyl (C=O) groups excluding carboxylic acids is 1. The molecule has 0 atom stereocenters. The molecule has 144 valence electrons. The SMILES string of the molecule is CN(Cc1ccc(N(C)C)cc1)C(=O)CN1CCN(c2ncccn2)CC1. The van der Waals surface area contributed by atoms with Crippen molar-refractivity contribution in [3.63, 3.8) is 0 Å². The lowest BCUT2D eigenvalue weighted by Crippen LogP contribution is -2.50. The molecule has 1 fully saturated rings. The molecule has 0 bridgehead atoms. The van der Waals surface area contributed by atoms with Crippen molar-refractivity contribution in [2.45, 2.75) is 6.54 Å². The quantitative estimate of drug-likeness (QED) is 0.767. The fourth-order valence-corrected chi connectivity index (χ4v) is 3.13. The Balaban J connectivity index is 1.46. The van der Waals surface area contributed by atoms with Crippen LogP contribution in [0.4, 0.5) is 11.6 Å². The van der Waals surface area contributed by atoms with E-state index in [1.54, 1.807) is 17.3 Å². The molecule has 3 rings (SSSR count). The van der Waals surface area contributed by atoms with E-state index in [0.717, 1.165) is 43.4 Å². The fourth-order valence-electron chi connectivity index (χ4n) is 3.13. The summed E-state index contributed by atoms with van der Waals surface area (Å²) in [7, 11) is 5.92. The van der Waals surface area contributed by atoms with Gasteiger partial charge in [0.05, 0.1) is 6.54 Å². The van der Waals surface area contributed by atoms with Gasteiger partial charge in [-0.25, -0.2) is 9.97 Å². The van der Waals surface area contributed by atoms with Gasteiger partial charge in [-0.05, 0) is 23.8 Å². The number of amides is 1. The van der Waals surface area contributed by atoms with Crippen LogP contribution in [0.3, 0.4) is 0 Å². The monoisotopic (exact) mass is 368 g/mol. The number of aromatic nitrogens is 2. The van der Waals surface area contributed by atoms with Crippen molar-refractivity contribution >= 4 is 17.5 Å². The molecule has 1 aromatic carbocycles. The van der Waals surface area contributed by atoms with Gasteiger partial charge in [0.1, 0.15) is 0 Å². The van der Waals surface area contributed by atoms with Crippen LogP contribution in [0.25, 0.3) is 0 Å². The van der Waals surface area contributed by atoms with E-state index in [4.69, 9.17) is 0 Å². The van der Waals surface area contributed by atoms with Crippen molar-refractivity contribution in [2.75, 3.05) is 63.7 Å².